The number of furan rings is 1. The molecule has 1 amide bonds. The standard InChI is InChI=1S/C19H24N2O4/c1-3-7-14(2)21-18(22)13-25-19(23)16-9-4-5-10-17(16)20-12-15-8-6-11-24-15/h4-6,8-11,14,20H,3,7,12-13H2,1-2H3,(H,21,22)/t14-/m1/s1. The Morgan fingerprint density at radius 1 is 1.20 bits per heavy atom. The van der Waals surface area contributed by atoms with Crippen LogP contribution in [0.5, 0.6) is 0 Å². The first-order chi connectivity index (χ1) is 12.1. The number of rotatable bonds is 9. The van der Waals surface area contributed by atoms with Crippen molar-refractivity contribution in [2.75, 3.05) is 11.9 Å². The van der Waals surface area contributed by atoms with E-state index in [9.17, 15) is 9.59 Å². The van der Waals surface area contributed by atoms with Crippen molar-refractivity contribution in [2.45, 2.75) is 39.3 Å². The number of esters is 1. The van der Waals surface area contributed by atoms with Crippen LogP contribution in [0.3, 0.4) is 0 Å². The summed E-state index contributed by atoms with van der Waals surface area (Å²) in [4.78, 5) is 24.1. The van der Waals surface area contributed by atoms with E-state index in [0.717, 1.165) is 18.6 Å². The summed E-state index contributed by atoms with van der Waals surface area (Å²) in [5.41, 5.74) is 1.01. The molecule has 2 rings (SSSR count). The van der Waals surface area contributed by atoms with Gasteiger partial charge in [0.25, 0.3) is 5.91 Å². The Balaban J connectivity index is 1.89. The third-order valence-corrected chi connectivity index (χ3v) is 3.64. The molecular weight excluding hydrogens is 320 g/mol. The molecule has 2 N–H and O–H groups in total. The fourth-order valence-electron chi connectivity index (χ4n) is 2.44. The maximum absolute atomic E-state index is 12.3. The highest BCUT2D eigenvalue weighted by molar-refractivity contribution is 5.96. The summed E-state index contributed by atoms with van der Waals surface area (Å²) in [6.07, 6.45) is 3.46. The summed E-state index contributed by atoms with van der Waals surface area (Å²) in [6, 6.07) is 10.7. The Hall–Kier alpha value is -2.76. The van der Waals surface area contributed by atoms with Crippen LogP contribution in [-0.4, -0.2) is 24.5 Å². The maximum atomic E-state index is 12.3. The van der Waals surface area contributed by atoms with E-state index in [1.165, 1.54) is 0 Å². The van der Waals surface area contributed by atoms with Crippen molar-refractivity contribution in [2.24, 2.45) is 0 Å². The third kappa shape index (κ3) is 5.99. The van der Waals surface area contributed by atoms with Crippen molar-refractivity contribution in [3.63, 3.8) is 0 Å². The number of carbonyl (C=O) groups is 2. The van der Waals surface area contributed by atoms with Gasteiger partial charge in [-0.05, 0) is 37.6 Å². The summed E-state index contributed by atoms with van der Waals surface area (Å²) < 4.78 is 10.4. The lowest BCUT2D eigenvalue weighted by atomic mass is 10.2. The zero-order valence-corrected chi connectivity index (χ0v) is 14.6. The zero-order chi connectivity index (χ0) is 18.1. The van der Waals surface area contributed by atoms with Gasteiger partial charge in [-0.1, -0.05) is 25.5 Å². The van der Waals surface area contributed by atoms with Crippen LogP contribution in [-0.2, 0) is 16.1 Å². The highest BCUT2D eigenvalue weighted by Gasteiger charge is 2.15. The molecule has 0 aliphatic rings. The lowest BCUT2D eigenvalue weighted by Gasteiger charge is -2.14. The summed E-state index contributed by atoms with van der Waals surface area (Å²) >= 11 is 0. The molecule has 0 spiro atoms. The van der Waals surface area contributed by atoms with E-state index < -0.39 is 5.97 Å². The van der Waals surface area contributed by atoms with Crippen molar-refractivity contribution >= 4 is 17.6 Å². The number of para-hydroxylation sites is 1. The molecule has 134 valence electrons. The van der Waals surface area contributed by atoms with Crippen molar-refractivity contribution < 1.29 is 18.7 Å². The van der Waals surface area contributed by atoms with E-state index in [1.54, 1.807) is 30.5 Å². The first-order valence-corrected chi connectivity index (χ1v) is 8.42. The minimum absolute atomic E-state index is 0.0680. The van der Waals surface area contributed by atoms with E-state index in [-0.39, 0.29) is 18.6 Å². The molecule has 0 saturated heterocycles. The van der Waals surface area contributed by atoms with Gasteiger partial charge >= 0.3 is 5.97 Å². The second-order valence-electron chi connectivity index (χ2n) is 5.81. The predicted molar refractivity (Wildman–Crippen MR) is 95.3 cm³/mol. The van der Waals surface area contributed by atoms with Crippen molar-refractivity contribution in [1.82, 2.24) is 5.32 Å². The van der Waals surface area contributed by atoms with E-state index in [4.69, 9.17) is 9.15 Å². The Labute approximate surface area is 147 Å². The van der Waals surface area contributed by atoms with Crippen LogP contribution in [0.1, 0.15) is 42.8 Å². The van der Waals surface area contributed by atoms with Crippen LogP contribution >= 0.6 is 0 Å². The second kappa shape index (κ2) is 9.52. The zero-order valence-electron chi connectivity index (χ0n) is 14.6. The minimum Gasteiger partial charge on any atom is -0.467 e. The molecule has 25 heavy (non-hydrogen) atoms. The quantitative estimate of drug-likeness (QED) is 0.682. The SMILES string of the molecule is CCC[C@@H](C)NC(=O)COC(=O)c1ccccc1NCc1ccco1. The molecule has 1 atom stereocenters. The Kier molecular flexibility index (Phi) is 7.07. The van der Waals surface area contributed by atoms with Gasteiger partial charge in [0, 0.05) is 11.7 Å². The lowest BCUT2D eigenvalue weighted by molar-refractivity contribution is -0.124. The van der Waals surface area contributed by atoms with Crippen LogP contribution in [0, 0.1) is 0 Å². The smallest absolute Gasteiger partial charge is 0.340 e. The molecule has 0 aliphatic heterocycles. The molecular formula is C19H24N2O4. The number of benzene rings is 1. The van der Waals surface area contributed by atoms with Gasteiger partial charge in [-0.2, -0.15) is 0 Å². The number of amides is 1. The summed E-state index contributed by atoms with van der Waals surface area (Å²) in [6.45, 7) is 4.14. The van der Waals surface area contributed by atoms with E-state index >= 15 is 0 Å². The fourth-order valence-corrected chi connectivity index (χ4v) is 2.44. The van der Waals surface area contributed by atoms with E-state index in [2.05, 4.69) is 17.6 Å². The molecule has 0 saturated carbocycles. The normalized spacial score (nSPS) is 11.6. The Morgan fingerprint density at radius 2 is 2.00 bits per heavy atom. The van der Waals surface area contributed by atoms with Crippen molar-refractivity contribution in [3.8, 4) is 0 Å². The van der Waals surface area contributed by atoms with Gasteiger partial charge < -0.3 is 19.8 Å². The van der Waals surface area contributed by atoms with E-state index in [1.807, 2.05) is 19.1 Å². The van der Waals surface area contributed by atoms with Crippen LogP contribution in [0.2, 0.25) is 0 Å². The predicted octanol–water partition coefficient (Wildman–Crippen LogP) is 3.35. The topological polar surface area (TPSA) is 80.6 Å². The van der Waals surface area contributed by atoms with Gasteiger partial charge in [0.05, 0.1) is 18.4 Å². The van der Waals surface area contributed by atoms with Crippen LogP contribution in [0.15, 0.2) is 47.1 Å². The average molecular weight is 344 g/mol. The number of ether oxygens (including phenoxy) is 1. The van der Waals surface area contributed by atoms with Gasteiger partial charge in [0.2, 0.25) is 0 Å². The van der Waals surface area contributed by atoms with E-state index in [0.29, 0.717) is 17.8 Å². The van der Waals surface area contributed by atoms with Gasteiger partial charge in [-0.25, -0.2) is 4.79 Å². The van der Waals surface area contributed by atoms with Crippen LogP contribution in [0.4, 0.5) is 5.69 Å². The van der Waals surface area contributed by atoms with Gasteiger partial charge in [0.1, 0.15) is 5.76 Å². The maximum Gasteiger partial charge on any atom is 0.340 e. The van der Waals surface area contributed by atoms with Crippen LogP contribution in [0.25, 0.3) is 0 Å². The monoisotopic (exact) mass is 344 g/mol. The Bertz CT molecular complexity index is 682. The molecule has 1 aromatic heterocycles. The minimum atomic E-state index is -0.541. The Morgan fingerprint density at radius 3 is 2.72 bits per heavy atom. The molecule has 0 radical (unpaired) electrons. The van der Waals surface area contributed by atoms with Crippen LogP contribution < -0.4 is 10.6 Å². The second-order valence-corrected chi connectivity index (χ2v) is 5.81. The molecule has 0 bridgehead atoms. The first kappa shape index (κ1) is 18.6. The molecule has 0 fully saturated rings. The number of hydrogen-bond acceptors (Lipinski definition) is 5. The molecule has 1 aromatic carbocycles. The fraction of sp³-hybridized carbons (Fsp3) is 0.368. The highest BCUT2D eigenvalue weighted by Crippen LogP contribution is 2.17. The third-order valence-electron chi connectivity index (χ3n) is 3.64. The molecule has 0 unspecified atom stereocenters. The summed E-state index contributed by atoms with van der Waals surface area (Å²) in [5, 5.41) is 5.94. The van der Waals surface area contributed by atoms with Crippen molar-refractivity contribution in [1.29, 1.82) is 0 Å². The number of carbonyl (C=O) groups excluding carboxylic acids is 2. The molecule has 6 nitrogen and oxygen atoms in total. The number of nitrogens with one attached hydrogen (secondary N) is 2. The summed E-state index contributed by atoms with van der Waals surface area (Å²) in [7, 11) is 0. The average Bonchev–Trinajstić information content (AvgIpc) is 3.12. The largest absolute Gasteiger partial charge is 0.467 e. The number of hydrogen-bond donors (Lipinski definition) is 2. The molecule has 1 heterocycles. The van der Waals surface area contributed by atoms with Crippen molar-refractivity contribution in [3.05, 3.63) is 54.0 Å². The summed E-state index contributed by atoms with van der Waals surface area (Å²) in [5.74, 6) is -0.0800. The number of anilines is 1. The lowest BCUT2D eigenvalue weighted by Crippen LogP contribution is -2.35. The molecule has 6 heteroatoms. The van der Waals surface area contributed by atoms with Gasteiger partial charge in [0.15, 0.2) is 6.61 Å². The van der Waals surface area contributed by atoms with Gasteiger partial charge in [-0.3, -0.25) is 4.79 Å². The van der Waals surface area contributed by atoms with Gasteiger partial charge in [-0.15, -0.1) is 0 Å². The molecule has 0 aliphatic carbocycles. The molecule has 2 aromatic rings. The highest BCUT2D eigenvalue weighted by atomic mass is 16.5. The first-order valence-electron chi connectivity index (χ1n) is 8.42.